The molecule has 5 rings (SSSR count). The third kappa shape index (κ3) is 3.81. The molecule has 0 aliphatic carbocycles. The molecule has 1 amide bonds. The predicted molar refractivity (Wildman–Crippen MR) is 118 cm³/mol. The molecule has 10 nitrogen and oxygen atoms in total. The number of aryl methyl sites for hydroxylation is 1. The number of hydrogen-bond donors (Lipinski definition) is 1. The number of nitrogens with one attached hydrogen (secondary N) is 1. The van der Waals surface area contributed by atoms with Crippen molar-refractivity contribution in [1.82, 2.24) is 29.9 Å². The van der Waals surface area contributed by atoms with Crippen molar-refractivity contribution in [2.24, 2.45) is 0 Å². The molecular formula is C22H23N7O3. The lowest BCUT2D eigenvalue weighted by molar-refractivity contribution is 0.0532. The van der Waals surface area contributed by atoms with E-state index in [4.69, 9.17) is 19.7 Å². The monoisotopic (exact) mass is 433 g/mol. The van der Waals surface area contributed by atoms with E-state index in [1.165, 1.54) is 12.7 Å². The van der Waals surface area contributed by atoms with Gasteiger partial charge in [-0.15, -0.1) is 0 Å². The lowest BCUT2D eigenvalue weighted by atomic mass is 10.1. The van der Waals surface area contributed by atoms with Gasteiger partial charge in [0.1, 0.15) is 5.82 Å². The Hall–Kier alpha value is -3.76. The van der Waals surface area contributed by atoms with Crippen LogP contribution in [0.25, 0.3) is 22.7 Å². The summed E-state index contributed by atoms with van der Waals surface area (Å²) in [5.74, 6) is 1.02. The lowest BCUT2D eigenvalue weighted by Gasteiger charge is -2.29. The molecule has 4 heterocycles. The Bertz CT molecular complexity index is 1270. The van der Waals surface area contributed by atoms with Crippen molar-refractivity contribution in [3.63, 3.8) is 0 Å². The molecule has 0 unspecified atom stereocenters. The van der Waals surface area contributed by atoms with E-state index in [1.54, 1.807) is 15.3 Å². The smallest absolute Gasteiger partial charge is 0.295 e. The molecule has 3 aromatic heterocycles. The second kappa shape index (κ2) is 8.40. The molecule has 164 valence electrons. The number of ether oxygens (including phenoxy) is 1. The molecule has 1 fully saturated rings. The first-order valence-corrected chi connectivity index (χ1v) is 10.3. The average molecular weight is 433 g/mol. The number of fused-ring (bicyclic) bond motifs is 1. The van der Waals surface area contributed by atoms with Gasteiger partial charge in [-0.25, -0.2) is 15.1 Å². The van der Waals surface area contributed by atoms with Crippen molar-refractivity contribution in [2.75, 3.05) is 38.3 Å². The maximum absolute atomic E-state index is 12.3. The summed E-state index contributed by atoms with van der Waals surface area (Å²) in [6.45, 7) is 4.73. The minimum absolute atomic E-state index is 0.215. The number of nitrogens with zero attached hydrogens (tertiary/aromatic N) is 6. The van der Waals surface area contributed by atoms with E-state index < -0.39 is 5.91 Å². The first kappa shape index (κ1) is 20.2. The van der Waals surface area contributed by atoms with Gasteiger partial charge in [-0.1, -0.05) is 23.8 Å². The van der Waals surface area contributed by atoms with Gasteiger partial charge in [0, 0.05) is 37.0 Å². The van der Waals surface area contributed by atoms with E-state index in [0.29, 0.717) is 37.8 Å². The topological polar surface area (TPSA) is 98.8 Å². The first-order valence-electron chi connectivity index (χ1n) is 10.3. The highest BCUT2D eigenvalue weighted by Crippen LogP contribution is 2.23. The quantitative estimate of drug-likeness (QED) is 0.481. The molecule has 32 heavy (non-hydrogen) atoms. The van der Waals surface area contributed by atoms with E-state index in [-0.39, 0.29) is 5.69 Å². The van der Waals surface area contributed by atoms with E-state index in [0.717, 1.165) is 17.1 Å². The van der Waals surface area contributed by atoms with Crippen molar-refractivity contribution in [3.8, 4) is 17.1 Å². The van der Waals surface area contributed by atoms with E-state index in [9.17, 15) is 4.79 Å². The molecular weight excluding hydrogens is 410 g/mol. The highest BCUT2D eigenvalue weighted by molar-refractivity contribution is 5.92. The zero-order valence-electron chi connectivity index (χ0n) is 17.9. The third-order valence-corrected chi connectivity index (χ3v) is 5.29. The Morgan fingerprint density at radius 2 is 1.97 bits per heavy atom. The Labute approximate surface area is 184 Å². The van der Waals surface area contributed by atoms with Crippen molar-refractivity contribution in [3.05, 3.63) is 59.9 Å². The SMILES string of the molecule is CONC(=O)c1cc2nc(-n3ccc(-c4cccc(C)c4)n3)cc(N3CCOCC3)n2n1. The van der Waals surface area contributed by atoms with Crippen molar-refractivity contribution in [1.29, 1.82) is 0 Å². The van der Waals surface area contributed by atoms with Crippen LogP contribution in [0.5, 0.6) is 0 Å². The van der Waals surface area contributed by atoms with Crippen LogP contribution >= 0.6 is 0 Å². The molecule has 1 aromatic carbocycles. The zero-order chi connectivity index (χ0) is 22.1. The highest BCUT2D eigenvalue weighted by Gasteiger charge is 2.20. The van der Waals surface area contributed by atoms with E-state index in [2.05, 4.69) is 34.5 Å². The van der Waals surface area contributed by atoms with E-state index in [1.807, 2.05) is 30.5 Å². The normalized spacial score (nSPS) is 14.1. The maximum Gasteiger partial charge on any atom is 0.295 e. The standard InChI is InChI=1S/C22H23N7O3/c1-15-4-3-5-16(12-15)17-6-7-28(24-17)19-14-21(27-8-10-32-11-9-27)29-20(23-19)13-18(25-29)22(30)26-31-2/h3-7,12-14H,8-11H2,1-2H3,(H,26,30). The van der Waals surface area contributed by atoms with Crippen LogP contribution in [0.2, 0.25) is 0 Å². The molecule has 0 saturated carbocycles. The fourth-order valence-corrected chi connectivity index (χ4v) is 3.75. The van der Waals surface area contributed by atoms with Crippen LogP contribution in [0.4, 0.5) is 5.82 Å². The Balaban J connectivity index is 1.59. The van der Waals surface area contributed by atoms with Crippen LogP contribution in [-0.2, 0) is 9.57 Å². The Morgan fingerprint density at radius 3 is 2.75 bits per heavy atom. The number of morpholine rings is 1. The van der Waals surface area contributed by atoms with Crippen LogP contribution in [0.3, 0.4) is 0 Å². The Morgan fingerprint density at radius 1 is 1.12 bits per heavy atom. The summed E-state index contributed by atoms with van der Waals surface area (Å²) in [6.07, 6.45) is 1.88. The number of aromatic nitrogens is 5. The second-order valence-electron chi connectivity index (χ2n) is 7.52. The molecule has 1 aliphatic rings. The summed E-state index contributed by atoms with van der Waals surface area (Å²) in [6, 6.07) is 13.7. The highest BCUT2D eigenvalue weighted by atomic mass is 16.6. The molecule has 4 aromatic rings. The van der Waals surface area contributed by atoms with Gasteiger partial charge in [0.05, 0.1) is 26.0 Å². The summed E-state index contributed by atoms with van der Waals surface area (Å²) in [5.41, 5.74) is 6.13. The van der Waals surface area contributed by atoms with Gasteiger partial charge in [0.25, 0.3) is 5.91 Å². The number of benzene rings is 1. The molecule has 0 bridgehead atoms. The van der Waals surface area contributed by atoms with Crippen molar-refractivity contribution < 1.29 is 14.4 Å². The summed E-state index contributed by atoms with van der Waals surface area (Å²) < 4.78 is 8.91. The number of hydroxylamine groups is 1. The van der Waals surface area contributed by atoms with Crippen LogP contribution in [0.1, 0.15) is 16.1 Å². The Kier molecular flexibility index (Phi) is 5.29. The van der Waals surface area contributed by atoms with Gasteiger partial charge in [0.2, 0.25) is 0 Å². The largest absolute Gasteiger partial charge is 0.378 e. The van der Waals surface area contributed by atoms with Gasteiger partial charge < -0.3 is 9.64 Å². The molecule has 0 atom stereocenters. The average Bonchev–Trinajstić information content (AvgIpc) is 3.47. The van der Waals surface area contributed by atoms with Gasteiger partial charge in [0.15, 0.2) is 17.2 Å². The molecule has 1 aliphatic heterocycles. The minimum Gasteiger partial charge on any atom is -0.378 e. The summed E-state index contributed by atoms with van der Waals surface area (Å²) in [5, 5.41) is 9.19. The third-order valence-electron chi connectivity index (χ3n) is 5.29. The fraction of sp³-hybridized carbons (Fsp3) is 0.273. The first-order chi connectivity index (χ1) is 15.6. The van der Waals surface area contributed by atoms with Gasteiger partial charge in [-0.2, -0.15) is 14.7 Å². The van der Waals surface area contributed by atoms with Crippen molar-refractivity contribution >= 4 is 17.4 Å². The molecule has 0 spiro atoms. The van der Waals surface area contributed by atoms with Crippen LogP contribution < -0.4 is 10.4 Å². The van der Waals surface area contributed by atoms with Crippen LogP contribution in [-0.4, -0.2) is 63.7 Å². The number of carbonyl (C=O) groups is 1. The lowest BCUT2D eigenvalue weighted by Crippen LogP contribution is -2.37. The number of amides is 1. The van der Waals surface area contributed by atoms with Crippen LogP contribution in [0.15, 0.2) is 48.7 Å². The predicted octanol–water partition coefficient (Wildman–Crippen LogP) is 2.02. The fourth-order valence-electron chi connectivity index (χ4n) is 3.75. The summed E-state index contributed by atoms with van der Waals surface area (Å²) in [7, 11) is 1.38. The number of hydrogen-bond acceptors (Lipinski definition) is 7. The molecule has 0 radical (unpaired) electrons. The zero-order valence-corrected chi connectivity index (χ0v) is 17.9. The summed E-state index contributed by atoms with van der Waals surface area (Å²) >= 11 is 0. The van der Waals surface area contributed by atoms with Gasteiger partial charge in [-0.3, -0.25) is 9.63 Å². The molecule has 1 saturated heterocycles. The number of carbonyl (C=O) groups excluding carboxylic acids is 1. The number of rotatable bonds is 5. The maximum atomic E-state index is 12.3. The van der Waals surface area contributed by atoms with Crippen molar-refractivity contribution in [2.45, 2.75) is 6.92 Å². The summed E-state index contributed by atoms with van der Waals surface area (Å²) in [4.78, 5) is 23.9. The molecule has 10 heteroatoms. The van der Waals surface area contributed by atoms with Gasteiger partial charge >= 0.3 is 0 Å². The van der Waals surface area contributed by atoms with Crippen LogP contribution in [0, 0.1) is 6.92 Å². The molecule has 1 N–H and O–H groups in total. The van der Waals surface area contributed by atoms with Gasteiger partial charge in [-0.05, 0) is 19.1 Å². The second-order valence-corrected chi connectivity index (χ2v) is 7.52. The van der Waals surface area contributed by atoms with E-state index >= 15 is 0 Å². The minimum atomic E-state index is -0.437. The number of anilines is 1.